The van der Waals surface area contributed by atoms with Gasteiger partial charge in [0, 0.05) is 6.07 Å². The number of methoxy groups -OCH3 is 3. The number of nitrogens with zero attached hydrogens (tertiary/aromatic N) is 3. The van der Waals surface area contributed by atoms with E-state index in [4.69, 9.17) is 25.8 Å². The average molecular weight is 297 g/mol. The van der Waals surface area contributed by atoms with Gasteiger partial charge in [-0.15, -0.1) is 0 Å². The maximum atomic E-state index is 5.78. The van der Waals surface area contributed by atoms with Crippen molar-refractivity contribution in [3.05, 3.63) is 23.5 Å². The molecule has 7 nitrogen and oxygen atoms in total. The van der Waals surface area contributed by atoms with E-state index >= 15 is 0 Å². The van der Waals surface area contributed by atoms with Crippen molar-refractivity contribution < 1.29 is 14.2 Å². The highest BCUT2D eigenvalue weighted by Gasteiger charge is 2.09. The Morgan fingerprint density at radius 2 is 1.80 bits per heavy atom. The molecule has 1 aromatic heterocycles. The number of benzene rings is 1. The summed E-state index contributed by atoms with van der Waals surface area (Å²) in [7, 11) is 4.59. The maximum Gasteiger partial charge on any atom is 0.322 e. The molecule has 0 aliphatic heterocycles. The lowest BCUT2D eigenvalue weighted by molar-refractivity contribution is 0.379. The van der Waals surface area contributed by atoms with Crippen molar-refractivity contribution in [1.29, 1.82) is 0 Å². The first-order valence-corrected chi connectivity index (χ1v) is 5.98. The maximum absolute atomic E-state index is 5.78. The zero-order chi connectivity index (χ0) is 14.5. The van der Waals surface area contributed by atoms with E-state index in [1.807, 2.05) is 0 Å². The van der Waals surface area contributed by atoms with Crippen LogP contribution in [-0.2, 0) is 0 Å². The third-order valence-corrected chi connectivity index (χ3v) is 2.59. The van der Waals surface area contributed by atoms with Crippen LogP contribution in [0.15, 0.2) is 18.2 Å². The number of anilines is 2. The van der Waals surface area contributed by atoms with Crippen molar-refractivity contribution in [1.82, 2.24) is 15.0 Å². The van der Waals surface area contributed by atoms with E-state index in [2.05, 4.69) is 20.3 Å². The molecule has 0 unspecified atom stereocenters. The van der Waals surface area contributed by atoms with Crippen molar-refractivity contribution in [3.63, 3.8) is 0 Å². The Balaban J connectivity index is 2.31. The summed E-state index contributed by atoms with van der Waals surface area (Å²) in [4.78, 5) is 11.8. The van der Waals surface area contributed by atoms with Crippen molar-refractivity contribution >= 4 is 23.2 Å². The zero-order valence-electron chi connectivity index (χ0n) is 11.2. The molecule has 0 bridgehead atoms. The molecule has 106 valence electrons. The predicted octanol–water partition coefficient (Wildman–Crippen LogP) is 2.29. The van der Waals surface area contributed by atoms with Gasteiger partial charge in [-0.1, -0.05) is 0 Å². The molecule has 0 atom stereocenters. The number of nitrogens with one attached hydrogen (secondary N) is 1. The molecule has 0 saturated carbocycles. The molecule has 1 aromatic carbocycles. The molecule has 0 radical (unpaired) electrons. The molecule has 20 heavy (non-hydrogen) atoms. The second-order valence-corrected chi connectivity index (χ2v) is 3.94. The largest absolute Gasteiger partial charge is 0.497 e. The summed E-state index contributed by atoms with van der Waals surface area (Å²) >= 11 is 5.78. The molecule has 0 aliphatic carbocycles. The van der Waals surface area contributed by atoms with E-state index in [9.17, 15) is 0 Å². The molecule has 0 aliphatic rings. The van der Waals surface area contributed by atoms with E-state index in [0.29, 0.717) is 17.2 Å². The van der Waals surface area contributed by atoms with Crippen molar-refractivity contribution in [3.8, 4) is 17.5 Å². The lowest BCUT2D eigenvalue weighted by Gasteiger charge is -2.11. The third-order valence-electron chi connectivity index (χ3n) is 2.43. The van der Waals surface area contributed by atoms with Crippen LogP contribution < -0.4 is 19.5 Å². The highest BCUT2D eigenvalue weighted by atomic mass is 35.5. The first kappa shape index (κ1) is 14.1. The van der Waals surface area contributed by atoms with Crippen LogP contribution in [0.2, 0.25) is 5.28 Å². The topological polar surface area (TPSA) is 78.4 Å². The van der Waals surface area contributed by atoms with Gasteiger partial charge in [-0.05, 0) is 23.7 Å². The number of rotatable bonds is 5. The number of ether oxygens (including phenoxy) is 3. The summed E-state index contributed by atoms with van der Waals surface area (Å²) in [6.45, 7) is 0. The predicted molar refractivity (Wildman–Crippen MR) is 74.2 cm³/mol. The van der Waals surface area contributed by atoms with Crippen LogP contribution >= 0.6 is 11.6 Å². The monoisotopic (exact) mass is 296 g/mol. The fraction of sp³-hybridized carbons (Fsp3) is 0.250. The van der Waals surface area contributed by atoms with E-state index in [-0.39, 0.29) is 17.2 Å². The lowest BCUT2D eigenvalue weighted by Crippen LogP contribution is -2.03. The van der Waals surface area contributed by atoms with E-state index < -0.39 is 0 Å². The minimum absolute atomic E-state index is 0.0341. The van der Waals surface area contributed by atoms with Gasteiger partial charge in [-0.25, -0.2) is 0 Å². The normalized spacial score (nSPS) is 10.0. The summed E-state index contributed by atoms with van der Waals surface area (Å²) in [5, 5.41) is 3.02. The number of aromatic nitrogens is 3. The Labute approximate surface area is 120 Å². The first-order valence-electron chi connectivity index (χ1n) is 5.61. The van der Waals surface area contributed by atoms with Gasteiger partial charge >= 0.3 is 6.01 Å². The number of hydrogen-bond donors (Lipinski definition) is 1. The smallest absolute Gasteiger partial charge is 0.322 e. The van der Waals surface area contributed by atoms with Crippen LogP contribution in [0.3, 0.4) is 0 Å². The van der Waals surface area contributed by atoms with Gasteiger partial charge in [-0.2, -0.15) is 15.0 Å². The molecule has 8 heteroatoms. The molecule has 0 spiro atoms. The molecule has 0 saturated heterocycles. The van der Waals surface area contributed by atoms with Gasteiger partial charge in [0.15, 0.2) is 0 Å². The average Bonchev–Trinajstić information content (AvgIpc) is 2.47. The van der Waals surface area contributed by atoms with E-state index in [0.717, 1.165) is 0 Å². The molecule has 0 amide bonds. The second-order valence-electron chi connectivity index (χ2n) is 3.61. The van der Waals surface area contributed by atoms with Gasteiger partial charge in [0.2, 0.25) is 11.2 Å². The highest BCUT2D eigenvalue weighted by Crippen LogP contribution is 2.30. The van der Waals surface area contributed by atoms with Crippen molar-refractivity contribution in [2.24, 2.45) is 0 Å². The molecule has 2 aromatic rings. The quantitative estimate of drug-likeness (QED) is 0.907. The molecule has 1 N–H and O–H groups in total. The molecular weight excluding hydrogens is 284 g/mol. The third kappa shape index (κ3) is 3.18. The summed E-state index contributed by atoms with van der Waals surface area (Å²) in [6, 6.07) is 5.43. The fourth-order valence-corrected chi connectivity index (χ4v) is 1.65. The van der Waals surface area contributed by atoms with Gasteiger partial charge in [0.25, 0.3) is 0 Å². The molecule has 2 rings (SSSR count). The van der Waals surface area contributed by atoms with Crippen LogP contribution in [0.4, 0.5) is 11.6 Å². The first-order chi connectivity index (χ1) is 9.66. The number of halogens is 1. The van der Waals surface area contributed by atoms with E-state index in [1.54, 1.807) is 32.4 Å². The van der Waals surface area contributed by atoms with Crippen LogP contribution in [0.5, 0.6) is 17.5 Å². The van der Waals surface area contributed by atoms with E-state index in [1.165, 1.54) is 7.11 Å². The molecule has 0 fully saturated rings. The fourth-order valence-electron chi connectivity index (χ4n) is 1.50. The minimum atomic E-state index is 0.0341. The zero-order valence-corrected chi connectivity index (χ0v) is 11.9. The van der Waals surface area contributed by atoms with Crippen LogP contribution in [-0.4, -0.2) is 36.3 Å². The van der Waals surface area contributed by atoms with Gasteiger partial charge in [0.1, 0.15) is 11.5 Å². The van der Waals surface area contributed by atoms with Crippen molar-refractivity contribution in [2.45, 2.75) is 0 Å². The Morgan fingerprint density at radius 1 is 1.00 bits per heavy atom. The summed E-state index contributed by atoms with van der Waals surface area (Å²) in [5.74, 6) is 1.52. The Morgan fingerprint density at radius 3 is 2.45 bits per heavy atom. The minimum Gasteiger partial charge on any atom is -0.497 e. The SMILES string of the molecule is COc1ccc(Nc2nc(Cl)nc(OC)n2)c(OC)c1. The second kappa shape index (κ2) is 6.25. The summed E-state index contributed by atoms with van der Waals surface area (Å²) in [5.41, 5.74) is 0.664. The molecular formula is C12H13ClN4O3. The Bertz CT molecular complexity index is 609. The Hall–Kier alpha value is -2.28. The van der Waals surface area contributed by atoms with Crippen LogP contribution in [0.1, 0.15) is 0 Å². The van der Waals surface area contributed by atoms with Gasteiger partial charge in [-0.3, -0.25) is 0 Å². The standard InChI is InChI=1S/C12H13ClN4O3/c1-18-7-4-5-8(9(6-7)19-2)14-11-15-10(13)16-12(17-11)20-3/h4-6H,1-3H3,(H,14,15,16,17). The van der Waals surface area contributed by atoms with Crippen LogP contribution in [0, 0.1) is 0 Å². The molecule has 1 heterocycles. The van der Waals surface area contributed by atoms with Gasteiger partial charge in [0.05, 0.1) is 27.0 Å². The van der Waals surface area contributed by atoms with Gasteiger partial charge < -0.3 is 19.5 Å². The van der Waals surface area contributed by atoms with Crippen LogP contribution in [0.25, 0.3) is 0 Å². The highest BCUT2D eigenvalue weighted by molar-refractivity contribution is 6.28. The number of hydrogen-bond acceptors (Lipinski definition) is 7. The Kier molecular flexibility index (Phi) is 4.41. The summed E-state index contributed by atoms with van der Waals surface area (Å²) < 4.78 is 15.3. The summed E-state index contributed by atoms with van der Waals surface area (Å²) in [6.07, 6.45) is 0. The van der Waals surface area contributed by atoms with Crippen molar-refractivity contribution in [2.75, 3.05) is 26.6 Å². The lowest BCUT2D eigenvalue weighted by atomic mass is 10.2.